The van der Waals surface area contributed by atoms with Gasteiger partial charge in [-0.3, -0.25) is 0 Å². The number of rotatable bonds is 6. The molecule has 22 heavy (non-hydrogen) atoms. The molecule has 0 radical (unpaired) electrons. The fourth-order valence-electron chi connectivity index (χ4n) is 2.02. The van der Waals surface area contributed by atoms with Crippen LogP contribution < -0.4 is 10.6 Å². The van der Waals surface area contributed by atoms with Gasteiger partial charge in [-0.15, -0.1) is 0 Å². The Bertz CT molecular complexity index is 546. The lowest BCUT2D eigenvalue weighted by molar-refractivity contribution is 0.475. The zero-order valence-corrected chi connectivity index (χ0v) is 13.8. The number of hydrogen-bond donors (Lipinski definition) is 3. The highest BCUT2D eigenvalue weighted by Crippen LogP contribution is 2.10. The van der Waals surface area contributed by atoms with Gasteiger partial charge in [0.1, 0.15) is 5.75 Å². The van der Waals surface area contributed by atoms with E-state index in [1.807, 2.05) is 36.4 Å². The third kappa shape index (κ3) is 5.92. The third-order valence-corrected chi connectivity index (χ3v) is 3.79. The Kier molecular flexibility index (Phi) is 6.49. The van der Waals surface area contributed by atoms with Crippen molar-refractivity contribution in [3.8, 4) is 5.75 Å². The van der Waals surface area contributed by atoms with Crippen molar-refractivity contribution in [3.63, 3.8) is 0 Å². The molecule has 0 aromatic heterocycles. The average Bonchev–Trinajstić information content (AvgIpc) is 2.51. The zero-order valence-electron chi connectivity index (χ0n) is 12.2. The van der Waals surface area contributed by atoms with Crippen LogP contribution in [0, 0.1) is 0 Å². The van der Waals surface area contributed by atoms with Gasteiger partial charge in [-0.05, 0) is 60.5 Å². The molecule has 0 bridgehead atoms. The Morgan fingerprint density at radius 1 is 0.864 bits per heavy atom. The molecule has 0 saturated heterocycles. The Balaban J connectivity index is 1.61. The van der Waals surface area contributed by atoms with Gasteiger partial charge in [0.25, 0.3) is 0 Å². The largest absolute Gasteiger partial charge is 0.508 e. The van der Waals surface area contributed by atoms with E-state index in [0.29, 0.717) is 5.11 Å². The maximum atomic E-state index is 9.22. The first-order chi connectivity index (χ1) is 10.6. The molecule has 2 aromatic carbocycles. The van der Waals surface area contributed by atoms with Gasteiger partial charge in [0.2, 0.25) is 0 Å². The number of nitrogens with one attached hydrogen (secondary N) is 2. The van der Waals surface area contributed by atoms with Crippen molar-refractivity contribution in [2.75, 3.05) is 13.1 Å². The van der Waals surface area contributed by atoms with Crippen LogP contribution in [0.2, 0.25) is 5.02 Å². The molecule has 116 valence electrons. The summed E-state index contributed by atoms with van der Waals surface area (Å²) >= 11 is 11.1. The predicted molar refractivity (Wildman–Crippen MR) is 95.6 cm³/mol. The van der Waals surface area contributed by atoms with Crippen molar-refractivity contribution in [1.29, 1.82) is 0 Å². The normalized spacial score (nSPS) is 10.2. The van der Waals surface area contributed by atoms with Gasteiger partial charge in [0.15, 0.2) is 5.11 Å². The second kappa shape index (κ2) is 8.61. The first kappa shape index (κ1) is 16.6. The standard InChI is InChI=1S/C17H19ClN2OS/c18-15-5-1-13(2-6-15)9-11-19-17(22)20-12-10-14-3-7-16(21)8-4-14/h1-8,21H,9-12H2,(H2,19,20,22). The molecule has 0 unspecified atom stereocenters. The van der Waals surface area contributed by atoms with E-state index in [0.717, 1.165) is 36.5 Å². The first-order valence-electron chi connectivity index (χ1n) is 7.17. The maximum Gasteiger partial charge on any atom is 0.166 e. The lowest BCUT2D eigenvalue weighted by Crippen LogP contribution is -2.37. The molecule has 0 aliphatic heterocycles. The quantitative estimate of drug-likeness (QED) is 0.709. The molecule has 2 aromatic rings. The summed E-state index contributed by atoms with van der Waals surface area (Å²) in [5, 5.41) is 17.0. The molecule has 5 heteroatoms. The summed E-state index contributed by atoms with van der Waals surface area (Å²) < 4.78 is 0. The molecule has 0 spiro atoms. The van der Waals surface area contributed by atoms with Gasteiger partial charge >= 0.3 is 0 Å². The topological polar surface area (TPSA) is 44.3 Å². The molecule has 0 fully saturated rings. The fourth-order valence-corrected chi connectivity index (χ4v) is 2.35. The Morgan fingerprint density at radius 2 is 1.32 bits per heavy atom. The summed E-state index contributed by atoms with van der Waals surface area (Å²) in [5.74, 6) is 0.288. The number of thiocarbonyl (C=S) groups is 1. The minimum atomic E-state index is 0.288. The van der Waals surface area contributed by atoms with Crippen LogP contribution in [0.4, 0.5) is 0 Å². The second-order valence-electron chi connectivity index (χ2n) is 4.98. The van der Waals surface area contributed by atoms with Gasteiger partial charge in [-0.25, -0.2) is 0 Å². The van der Waals surface area contributed by atoms with E-state index in [9.17, 15) is 5.11 Å². The molecule has 0 amide bonds. The highest BCUT2D eigenvalue weighted by atomic mass is 35.5. The first-order valence-corrected chi connectivity index (χ1v) is 7.96. The highest BCUT2D eigenvalue weighted by Gasteiger charge is 1.98. The number of halogens is 1. The van der Waals surface area contributed by atoms with Gasteiger partial charge in [0.05, 0.1) is 0 Å². The van der Waals surface area contributed by atoms with E-state index in [2.05, 4.69) is 10.6 Å². The van der Waals surface area contributed by atoms with Crippen molar-refractivity contribution in [2.45, 2.75) is 12.8 Å². The summed E-state index contributed by atoms with van der Waals surface area (Å²) in [6.45, 7) is 1.55. The van der Waals surface area contributed by atoms with E-state index < -0.39 is 0 Å². The van der Waals surface area contributed by atoms with E-state index >= 15 is 0 Å². The molecular weight excluding hydrogens is 316 g/mol. The molecule has 0 saturated carbocycles. The molecular formula is C17H19ClN2OS. The molecule has 2 rings (SSSR count). The smallest absolute Gasteiger partial charge is 0.166 e. The molecule has 3 nitrogen and oxygen atoms in total. The van der Waals surface area contributed by atoms with E-state index in [1.165, 1.54) is 5.56 Å². The van der Waals surface area contributed by atoms with Crippen LogP contribution in [0.15, 0.2) is 48.5 Å². The zero-order chi connectivity index (χ0) is 15.8. The summed E-state index contributed by atoms with van der Waals surface area (Å²) in [5.41, 5.74) is 2.39. The lowest BCUT2D eigenvalue weighted by atomic mass is 10.1. The van der Waals surface area contributed by atoms with Crippen LogP contribution in [0.5, 0.6) is 5.75 Å². The highest BCUT2D eigenvalue weighted by molar-refractivity contribution is 7.80. The minimum Gasteiger partial charge on any atom is -0.508 e. The second-order valence-corrected chi connectivity index (χ2v) is 5.82. The van der Waals surface area contributed by atoms with E-state index in [1.54, 1.807) is 12.1 Å². The SMILES string of the molecule is Oc1ccc(CCNC(=S)NCCc2ccc(Cl)cc2)cc1. The van der Waals surface area contributed by atoms with E-state index in [4.69, 9.17) is 23.8 Å². The minimum absolute atomic E-state index is 0.288. The van der Waals surface area contributed by atoms with Gasteiger partial charge in [-0.1, -0.05) is 35.9 Å². The van der Waals surface area contributed by atoms with Gasteiger partial charge in [-0.2, -0.15) is 0 Å². The molecule has 0 aliphatic carbocycles. The summed E-state index contributed by atoms with van der Waals surface area (Å²) in [6, 6.07) is 15.0. The van der Waals surface area contributed by atoms with Crippen LogP contribution in [0.1, 0.15) is 11.1 Å². The number of hydrogen-bond acceptors (Lipinski definition) is 2. The van der Waals surface area contributed by atoms with Crippen LogP contribution in [-0.2, 0) is 12.8 Å². The summed E-state index contributed by atoms with van der Waals surface area (Å²) in [6.07, 6.45) is 1.76. The van der Waals surface area contributed by atoms with Crippen LogP contribution in [0.25, 0.3) is 0 Å². The maximum absolute atomic E-state index is 9.22. The Labute approximate surface area is 141 Å². The van der Waals surface area contributed by atoms with Crippen LogP contribution in [0.3, 0.4) is 0 Å². The van der Waals surface area contributed by atoms with Crippen LogP contribution in [-0.4, -0.2) is 23.3 Å². The molecule has 0 atom stereocenters. The predicted octanol–water partition coefficient (Wildman–Crippen LogP) is 3.29. The van der Waals surface area contributed by atoms with Gasteiger partial charge in [0, 0.05) is 18.1 Å². The average molecular weight is 335 g/mol. The lowest BCUT2D eigenvalue weighted by Gasteiger charge is -2.10. The van der Waals surface area contributed by atoms with Crippen molar-refractivity contribution in [1.82, 2.24) is 10.6 Å². The summed E-state index contributed by atoms with van der Waals surface area (Å²) in [4.78, 5) is 0. The van der Waals surface area contributed by atoms with E-state index in [-0.39, 0.29) is 5.75 Å². The number of benzene rings is 2. The molecule has 0 heterocycles. The molecule has 0 aliphatic rings. The Morgan fingerprint density at radius 3 is 1.82 bits per heavy atom. The van der Waals surface area contributed by atoms with Gasteiger partial charge < -0.3 is 15.7 Å². The number of phenols is 1. The number of aromatic hydroxyl groups is 1. The van der Waals surface area contributed by atoms with Crippen molar-refractivity contribution in [3.05, 3.63) is 64.7 Å². The third-order valence-electron chi connectivity index (χ3n) is 3.25. The number of phenolic OH excluding ortho intramolecular Hbond substituents is 1. The van der Waals surface area contributed by atoms with Crippen molar-refractivity contribution >= 4 is 28.9 Å². The van der Waals surface area contributed by atoms with Crippen molar-refractivity contribution < 1.29 is 5.11 Å². The molecule has 3 N–H and O–H groups in total. The fraction of sp³-hybridized carbons (Fsp3) is 0.235. The van der Waals surface area contributed by atoms with Crippen LogP contribution >= 0.6 is 23.8 Å². The monoisotopic (exact) mass is 334 g/mol. The Hall–Kier alpha value is -1.78. The summed E-state index contributed by atoms with van der Waals surface area (Å²) in [7, 11) is 0. The van der Waals surface area contributed by atoms with Crippen molar-refractivity contribution in [2.24, 2.45) is 0 Å².